The number of amides is 1. The van der Waals surface area contributed by atoms with Crippen LogP contribution in [0.1, 0.15) is 19.8 Å². The zero-order valence-electron chi connectivity index (χ0n) is 8.81. The molecular weight excluding hydrogens is 190 g/mol. The van der Waals surface area contributed by atoms with Crippen molar-refractivity contribution in [3.63, 3.8) is 0 Å². The fraction of sp³-hybridized carbons (Fsp3) is 0.417. The van der Waals surface area contributed by atoms with Crippen molar-refractivity contribution in [2.75, 3.05) is 11.4 Å². The number of anilines is 1. The van der Waals surface area contributed by atoms with Crippen molar-refractivity contribution in [1.29, 1.82) is 0 Å². The van der Waals surface area contributed by atoms with Gasteiger partial charge in [0.1, 0.15) is 5.75 Å². The van der Waals surface area contributed by atoms with Gasteiger partial charge in [-0.1, -0.05) is 13.0 Å². The van der Waals surface area contributed by atoms with Gasteiger partial charge in [0.05, 0.1) is 0 Å². The molecule has 0 radical (unpaired) electrons. The highest BCUT2D eigenvalue weighted by Crippen LogP contribution is 2.26. The molecule has 15 heavy (non-hydrogen) atoms. The Morgan fingerprint density at radius 3 is 3.00 bits per heavy atom. The van der Waals surface area contributed by atoms with Crippen molar-refractivity contribution >= 4 is 11.6 Å². The predicted molar refractivity (Wildman–Crippen MR) is 58.9 cm³/mol. The molecule has 0 spiro atoms. The van der Waals surface area contributed by atoms with Crippen LogP contribution in [0.2, 0.25) is 0 Å². The Kier molecular flexibility index (Phi) is 2.62. The van der Waals surface area contributed by atoms with E-state index in [0.29, 0.717) is 0 Å². The van der Waals surface area contributed by atoms with E-state index in [9.17, 15) is 9.90 Å². The van der Waals surface area contributed by atoms with Gasteiger partial charge in [-0.3, -0.25) is 4.79 Å². The first kappa shape index (κ1) is 10.0. The van der Waals surface area contributed by atoms with E-state index >= 15 is 0 Å². The average molecular weight is 205 g/mol. The van der Waals surface area contributed by atoms with Gasteiger partial charge < -0.3 is 10.0 Å². The maximum atomic E-state index is 11.9. The number of carbonyl (C=O) groups is 1. The lowest BCUT2D eigenvalue weighted by atomic mass is 9.98. The van der Waals surface area contributed by atoms with E-state index in [4.69, 9.17) is 0 Å². The zero-order chi connectivity index (χ0) is 10.8. The monoisotopic (exact) mass is 205 g/mol. The first-order chi connectivity index (χ1) is 7.18. The smallest absolute Gasteiger partial charge is 0.229 e. The van der Waals surface area contributed by atoms with E-state index in [0.717, 1.165) is 25.1 Å². The molecule has 1 unspecified atom stereocenters. The van der Waals surface area contributed by atoms with Gasteiger partial charge in [0.25, 0.3) is 0 Å². The summed E-state index contributed by atoms with van der Waals surface area (Å²) in [5.41, 5.74) is 0.798. The third kappa shape index (κ3) is 1.96. The minimum absolute atomic E-state index is 0.0982. The van der Waals surface area contributed by atoms with Gasteiger partial charge in [0, 0.05) is 24.2 Å². The van der Waals surface area contributed by atoms with Crippen LogP contribution in [0.15, 0.2) is 24.3 Å². The third-order valence-electron chi connectivity index (χ3n) is 2.85. The summed E-state index contributed by atoms with van der Waals surface area (Å²) in [6, 6.07) is 6.87. The molecule has 1 atom stereocenters. The van der Waals surface area contributed by atoms with Crippen LogP contribution in [0, 0.1) is 5.92 Å². The topological polar surface area (TPSA) is 40.5 Å². The largest absolute Gasteiger partial charge is 0.508 e. The highest BCUT2D eigenvalue weighted by molar-refractivity contribution is 5.95. The summed E-state index contributed by atoms with van der Waals surface area (Å²) < 4.78 is 0. The van der Waals surface area contributed by atoms with Gasteiger partial charge in [0.2, 0.25) is 5.91 Å². The number of hydrogen-bond donors (Lipinski definition) is 1. The highest BCUT2D eigenvalue weighted by atomic mass is 16.3. The fourth-order valence-corrected chi connectivity index (χ4v) is 1.97. The molecule has 1 N–H and O–H groups in total. The maximum absolute atomic E-state index is 11.9. The van der Waals surface area contributed by atoms with Crippen LogP contribution in [0.5, 0.6) is 5.75 Å². The van der Waals surface area contributed by atoms with Gasteiger partial charge in [-0.05, 0) is 25.0 Å². The van der Waals surface area contributed by atoms with Crippen LogP contribution in [0.4, 0.5) is 5.69 Å². The molecule has 1 aliphatic heterocycles. The second-order valence-electron chi connectivity index (χ2n) is 4.05. The van der Waals surface area contributed by atoms with E-state index in [2.05, 4.69) is 0 Å². The van der Waals surface area contributed by atoms with E-state index in [1.54, 1.807) is 23.1 Å². The van der Waals surface area contributed by atoms with Gasteiger partial charge in [-0.2, -0.15) is 0 Å². The number of piperidine rings is 1. The van der Waals surface area contributed by atoms with E-state index in [1.807, 2.05) is 13.0 Å². The van der Waals surface area contributed by atoms with Crippen LogP contribution in [-0.2, 0) is 4.79 Å². The van der Waals surface area contributed by atoms with Gasteiger partial charge in [0.15, 0.2) is 0 Å². The molecule has 0 saturated carbocycles. The third-order valence-corrected chi connectivity index (χ3v) is 2.85. The van der Waals surface area contributed by atoms with Crippen LogP contribution in [-0.4, -0.2) is 17.6 Å². The quantitative estimate of drug-likeness (QED) is 0.763. The molecular formula is C12H15NO2. The summed E-state index contributed by atoms with van der Waals surface area (Å²) in [6.07, 6.45) is 2.00. The highest BCUT2D eigenvalue weighted by Gasteiger charge is 2.26. The molecule has 2 rings (SSSR count). The Bertz CT molecular complexity index is 376. The van der Waals surface area contributed by atoms with E-state index in [1.165, 1.54) is 0 Å². The number of rotatable bonds is 1. The summed E-state index contributed by atoms with van der Waals surface area (Å²) in [6.45, 7) is 2.71. The van der Waals surface area contributed by atoms with Crippen molar-refractivity contribution in [2.45, 2.75) is 19.8 Å². The number of nitrogens with zero attached hydrogens (tertiary/aromatic N) is 1. The molecule has 1 heterocycles. The molecule has 3 nitrogen and oxygen atoms in total. The molecule has 1 aromatic rings. The minimum atomic E-state index is 0.0982. The molecule has 1 amide bonds. The molecule has 0 bridgehead atoms. The van der Waals surface area contributed by atoms with Gasteiger partial charge in [-0.15, -0.1) is 0 Å². The van der Waals surface area contributed by atoms with Crippen molar-refractivity contribution in [1.82, 2.24) is 0 Å². The van der Waals surface area contributed by atoms with Crippen LogP contribution in [0.3, 0.4) is 0 Å². The van der Waals surface area contributed by atoms with Gasteiger partial charge in [-0.25, -0.2) is 0 Å². The number of aromatic hydroxyl groups is 1. The molecule has 3 heteroatoms. The summed E-state index contributed by atoms with van der Waals surface area (Å²) in [4.78, 5) is 13.6. The first-order valence-electron chi connectivity index (χ1n) is 5.29. The average Bonchev–Trinajstić information content (AvgIpc) is 2.22. The van der Waals surface area contributed by atoms with Gasteiger partial charge >= 0.3 is 0 Å². The predicted octanol–water partition coefficient (Wildman–Crippen LogP) is 2.16. The number of benzene rings is 1. The summed E-state index contributed by atoms with van der Waals surface area (Å²) in [7, 11) is 0. The van der Waals surface area contributed by atoms with Crippen LogP contribution in [0.25, 0.3) is 0 Å². The van der Waals surface area contributed by atoms with Crippen molar-refractivity contribution in [3.05, 3.63) is 24.3 Å². The van der Waals surface area contributed by atoms with E-state index < -0.39 is 0 Å². The zero-order valence-corrected chi connectivity index (χ0v) is 8.81. The normalized spacial score (nSPS) is 21.8. The minimum Gasteiger partial charge on any atom is -0.508 e. The molecule has 1 aliphatic rings. The summed E-state index contributed by atoms with van der Waals surface area (Å²) >= 11 is 0. The molecule has 0 aromatic heterocycles. The Morgan fingerprint density at radius 2 is 2.27 bits per heavy atom. The molecule has 1 saturated heterocycles. The lowest BCUT2D eigenvalue weighted by Crippen LogP contribution is -2.40. The summed E-state index contributed by atoms with van der Waals surface area (Å²) in [5, 5.41) is 9.36. The lowest BCUT2D eigenvalue weighted by Gasteiger charge is -2.30. The number of phenols is 1. The summed E-state index contributed by atoms with van der Waals surface area (Å²) in [5.74, 6) is 0.464. The standard InChI is InChI=1S/C12H15NO2/c1-9-4-3-7-13(12(9)15)10-5-2-6-11(14)8-10/h2,5-6,8-9,14H,3-4,7H2,1H3. The maximum Gasteiger partial charge on any atom is 0.229 e. The van der Waals surface area contributed by atoms with Crippen LogP contribution >= 0.6 is 0 Å². The molecule has 80 valence electrons. The molecule has 1 fully saturated rings. The molecule has 0 aliphatic carbocycles. The molecule has 1 aromatic carbocycles. The fourth-order valence-electron chi connectivity index (χ4n) is 1.97. The number of hydrogen-bond acceptors (Lipinski definition) is 2. The number of phenolic OH excluding ortho intramolecular Hbond substituents is 1. The van der Waals surface area contributed by atoms with Crippen molar-refractivity contribution in [2.24, 2.45) is 5.92 Å². The Labute approximate surface area is 89.3 Å². The first-order valence-corrected chi connectivity index (χ1v) is 5.29. The Balaban J connectivity index is 2.26. The van der Waals surface area contributed by atoms with E-state index in [-0.39, 0.29) is 17.6 Å². The SMILES string of the molecule is CC1CCCN(c2cccc(O)c2)C1=O. The number of carbonyl (C=O) groups excluding carboxylic acids is 1. The lowest BCUT2D eigenvalue weighted by molar-refractivity contribution is -0.123. The Hall–Kier alpha value is -1.51. The Morgan fingerprint density at radius 1 is 1.47 bits per heavy atom. The second kappa shape index (κ2) is 3.93. The van der Waals surface area contributed by atoms with Crippen LogP contribution < -0.4 is 4.90 Å². The van der Waals surface area contributed by atoms with Crippen molar-refractivity contribution < 1.29 is 9.90 Å². The van der Waals surface area contributed by atoms with Crippen molar-refractivity contribution in [3.8, 4) is 5.75 Å². The second-order valence-corrected chi connectivity index (χ2v) is 4.05.